The molecular formula is C19H17N3OS. The van der Waals surface area contributed by atoms with Gasteiger partial charge in [-0.15, -0.1) is 0 Å². The molecule has 2 aromatic heterocycles. The summed E-state index contributed by atoms with van der Waals surface area (Å²) < 4.78 is 0. The lowest BCUT2D eigenvalue weighted by atomic mass is 10.0. The van der Waals surface area contributed by atoms with Crippen molar-refractivity contribution in [3.05, 3.63) is 96.1 Å². The van der Waals surface area contributed by atoms with Gasteiger partial charge in [0.05, 0.1) is 11.4 Å². The molecule has 0 aliphatic rings. The van der Waals surface area contributed by atoms with Gasteiger partial charge in [0, 0.05) is 18.0 Å². The van der Waals surface area contributed by atoms with E-state index in [9.17, 15) is 5.11 Å². The lowest BCUT2D eigenvalue weighted by Crippen LogP contribution is -2.33. The molecule has 3 rings (SSSR count). The summed E-state index contributed by atoms with van der Waals surface area (Å²) in [6.07, 6.45) is 2.48. The summed E-state index contributed by atoms with van der Waals surface area (Å²) >= 11 is 5.50. The van der Waals surface area contributed by atoms with Crippen LogP contribution in [-0.4, -0.2) is 20.1 Å². The van der Waals surface area contributed by atoms with Gasteiger partial charge in [-0.2, -0.15) is 0 Å². The van der Waals surface area contributed by atoms with Crippen LogP contribution in [0.2, 0.25) is 0 Å². The van der Waals surface area contributed by atoms with Crippen molar-refractivity contribution in [3.63, 3.8) is 0 Å². The lowest BCUT2D eigenvalue weighted by Gasteiger charge is -2.24. The van der Waals surface area contributed by atoms with Gasteiger partial charge in [-0.25, -0.2) is 0 Å². The molecule has 4 nitrogen and oxygen atoms in total. The molecule has 2 unspecified atom stereocenters. The number of benzene rings is 1. The molecule has 5 heteroatoms. The van der Waals surface area contributed by atoms with E-state index in [0.717, 1.165) is 5.56 Å². The summed E-state index contributed by atoms with van der Waals surface area (Å²) in [5.74, 6) is 0. The molecule has 24 heavy (non-hydrogen) atoms. The van der Waals surface area contributed by atoms with Gasteiger partial charge in [0.25, 0.3) is 0 Å². The van der Waals surface area contributed by atoms with Gasteiger partial charge in [0.2, 0.25) is 0 Å². The van der Waals surface area contributed by atoms with Crippen LogP contribution >= 0.6 is 12.2 Å². The van der Waals surface area contributed by atoms with Crippen LogP contribution in [0.3, 0.4) is 0 Å². The zero-order valence-corrected chi connectivity index (χ0v) is 13.7. The second-order valence-electron chi connectivity index (χ2n) is 5.27. The third-order valence-corrected chi connectivity index (χ3v) is 3.99. The maximum absolute atomic E-state index is 10.8. The largest absolute Gasteiger partial charge is 0.384 e. The van der Waals surface area contributed by atoms with Gasteiger partial charge in [-0.3, -0.25) is 9.97 Å². The van der Waals surface area contributed by atoms with E-state index in [1.165, 1.54) is 0 Å². The van der Waals surface area contributed by atoms with Gasteiger partial charge in [-0.1, -0.05) is 54.7 Å². The summed E-state index contributed by atoms with van der Waals surface area (Å²) in [6.45, 7) is 0. The van der Waals surface area contributed by atoms with Crippen molar-refractivity contribution >= 4 is 17.2 Å². The number of aliphatic hydroxyl groups is 1. The monoisotopic (exact) mass is 335 g/mol. The van der Waals surface area contributed by atoms with Gasteiger partial charge in [0.1, 0.15) is 17.1 Å². The molecule has 0 radical (unpaired) electrons. The lowest BCUT2D eigenvalue weighted by molar-refractivity contribution is 0.132. The maximum Gasteiger partial charge on any atom is 0.122 e. The SMILES string of the molecule is OC(c1ccccn1)C(NC(=S)c1ccccc1)c1ccccn1. The summed E-state index contributed by atoms with van der Waals surface area (Å²) in [6, 6.07) is 20.2. The zero-order valence-electron chi connectivity index (χ0n) is 12.9. The molecule has 0 spiro atoms. The summed E-state index contributed by atoms with van der Waals surface area (Å²) in [5, 5.41) is 14.0. The van der Waals surface area contributed by atoms with Crippen LogP contribution in [0.5, 0.6) is 0 Å². The number of aromatic nitrogens is 2. The molecule has 0 aliphatic heterocycles. The van der Waals surface area contributed by atoms with Crippen molar-refractivity contribution in [2.45, 2.75) is 12.1 Å². The number of rotatable bonds is 5. The van der Waals surface area contributed by atoms with Crippen molar-refractivity contribution in [1.29, 1.82) is 0 Å². The topological polar surface area (TPSA) is 58.0 Å². The highest BCUT2D eigenvalue weighted by atomic mass is 32.1. The normalized spacial score (nSPS) is 13.0. The number of nitrogens with zero attached hydrogens (tertiary/aromatic N) is 2. The van der Waals surface area contributed by atoms with Crippen LogP contribution in [0.1, 0.15) is 29.1 Å². The van der Waals surface area contributed by atoms with E-state index in [1.54, 1.807) is 18.5 Å². The molecule has 0 amide bonds. The number of aliphatic hydroxyl groups excluding tert-OH is 1. The van der Waals surface area contributed by atoms with Gasteiger partial charge >= 0.3 is 0 Å². The molecule has 1 aromatic carbocycles. The molecule has 0 saturated heterocycles. The first kappa shape index (κ1) is 16.2. The number of thiocarbonyl (C=S) groups is 1. The Hall–Kier alpha value is -2.63. The van der Waals surface area contributed by atoms with Gasteiger partial charge in [0.15, 0.2) is 0 Å². The summed E-state index contributed by atoms with van der Waals surface area (Å²) in [4.78, 5) is 9.16. The van der Waals surface area contributed by atoms with Crippen LogP contribution in [0.4, 0.5) is 0 Å². The molecule has 2 heterocycles. The van der Waals surface area contributed by atoms with E-state index < -0.39 is 12.1 Å². The first-order valence-electron chi connectivity index (χ1n) is 7.61. The van der Waals surface area contributed by atoms with Crippen molar-refractivity contribution in [3.8, 4) is 0 Å². The van der Waals surface area contributed by atoms with E-state index in [2.05, 4.69) is 15.3 Å². The maximum atomic E-state index is 10.8. The first-order valence-corrected chi connectivity index (χ1v) is 8.02. The Morgan fingerprint density at radius 3 is 2.00 bits per heavy atom. The Bertz CT molecular complexity index is 781. The standard InChI is InChI=1S/C19H17N3OS/c23-18(16-11-5-7-13-21-16)17(15-10-4-6-12-20-15)22-19(24)14-8-2-1-3-9-14/h1-13,17-18,23H,(H,22,24). The Labute approximate surface area is 146 Å². The number of nitrogens with one attached hydrogen (secondary N) is 1. The van der Waals surface area contributed by atoms with E-state index in [4.69, 9.17) is 12.2 Å². The van der Waals surface area contributed by atoms with Crippen LogP contribution in [0.25, 0.3) is 0 Å². The van der Waals surface area contributed by atoms with Crippen molar-refractivity contribution < 1.29 is 5.11 Å². The third kappa shape index (κ3) is 3.82. The minimum Gasteiger partial charge on any atom is -0.384 e. The minimum atomic E-state index is -0.872. The fraction of sp³-hybridized carbons (Fsp3) is 0.105. The Balaban J connectivity index is 1.90. The Morgan fingerprint density at radius 1 is 0.833 bits per heavy atom. The molecule has 120 valence electrons. The van der Waals surface area contributed by atoms with Gasteiger partial charge < -0.3 is 10.4 Å². The van der Waals surface area contributed by atoms with Crippen molar-refractivity contribution in [1.82, 2.24) is 15.3 Å². The molecular weight excluding hydrogens is 318 g/mol. The van der Waals surface area contributed by atoms with E-state index in [1.807, 2.05) is 60.7 Å². The number of pyridine rings is 2. The third-order valence-electron chi connectivity index (χ3n) is 3.64. The Morgan fingerprint density at radius 2 is 1.42 bits per heavy atom. The zero-order chi connectivity index (χ0) is 16.8. The molecule has 0 bridgehead atoms. The average molecular weight is 335 g/mol. The first-order chi connectivity index (χ1) is 11.8. The molecule has 3 aromatic rings. The molecule has 0 saturated carbocycles. The molecule has 2 N–H and O–H groups in total. The quantitative estimate of drug-likeness (QED) is 0.701. The number of hydrogen-bond donors (Lipinski definition) is 2. The van der Waals surface area contributed by atoms with E-state index in [-0.39, 0.29) is 0 Å². The number of hydrogen-bond acceptors (Lipinski definition) is 4. The minimum absolute atomic E-state index is 0.492. The smallest absolute Gasteiger partial charge is 0.122 e. The summed E-state index contributed by atoms with van der Waals surface area (Å²) in [5.41, 5.74) is 2.16. The van der Waals surface area contributed by atoms with E-state index in [0.29, 0.717) is 16.4 Å². The predicted octanol–water partition coefficient (Wildman–Crippen LogP) is 3.22. The summed E-state index contributed by atoms with van der Waals surface area (Å²) in [7, 11) is 0. The van der Waals surface area contributed by atoms with Crippen LogP contribution in [-0.2, 0) is 0 Å². The van der Waals surface area contributed by atoms with Gasteiger partial charge in [-0.05, 0) is 24.3 Å². The van der Waals surface area contributed by atoms with E-state index >= 15 is 0 Å². The van der Waals surface area contributed by atoms with Crippen LogP contribution in [0, 0.1) is 0 Å². The molecule has 2 atom stereocenters. The average Bonchev–Trinajstić information content (AvgIpc) is 2.67. The highest BCUT2D eigenvalue weighted by molar-refractivity contribution is 7.80. The molecule has 0 aliphatic carbocycles. The van der Waals surface area contributed by atoms with Crippen molar-refractivity contribution in [2.24, 2.45) is 0 Å². The fourth-order valence-electron chi connectivity index (χ4n) is 2.41. The fourth-order valence-corrected chi connectivity index (χ4v) is 2.67. The predicted molar refractivity (Wildman–Crippen MR) is 97.5 cm³/mol. The second-order valence-corrected chi connectivity index (χ2v) is 5.68. The highest BCUT2D eigenvalue weighted by Crippen LogP contribution is 2.26. The second kappa shape index (κ2) is 7.77. The molecule has 0 fully saturated rings. The van der Waals surface area contributed by atoms with Crippen LogP contribution < -0.4 is 5.32 Å². The van der Waals surface area contributed by atoms with Crippen LogP contribution in [0.15, 0.2) is 79.1 Å². The highest BCUT2D eigenvalue weighted by Gasteiger charge is 2.25. The Kier molecular flexibility index (Phi) is 5.25. The van der Waals surface area contributed by atoms with Crippen molar-refractivity contribution in [2.75, 3.05) is 0 Å².